The Kier molecular flexibility index (Phi) is 5.34. The maximum atomic E-state index is 13.1. The van der Waals surface area contributed by atoms with Crippen molar-refractivity contribution < 1.29 is 14.1 Å². The molecule has 3 aromatic rings. The molecule has 29 heavy (non-hydrogen) atoms. The number of methoxy groups -OCH3 is 1. The summed E-state index contributed by atoms with van der Waals surface area (Å²) in [4.78, 5) is 19.6. The smallest absolute Gasteiger partial charge is 0.258 e. The number of piperidine rings is 1. The van der Waals surface area contributed by atoms with Crippen molar-refractivity contribution >= 4 is 5.91 Å². The number of ether oxygens (including phenoxy) is 1. The van der Waals surface area contributed by atoms with E-state index in [0.717, 1.165) is 47.4 Å². The molecule has 150 valence electrons. The normalized spacial score (nSPS) is 16.7. The molecule has 1 amide bonds. The van der Waals surface area contributed by atoms with E-state index in [0.29, 0.717) is 18.3 Å². The van der Waals surface area contributed by atoms with Crippen molar-refractivity contribution in [3.63, 3.8) is 0 Å². The average Bonchev–Trinajstić information content (AvgIpc) is 3.25. The molecular formula is C23H25N3O3. The number of nitrogens with zero attached hydrogens (tertiary/aromatic N) is 3. The molecule has 1 unspecified atom stereocenters. The zero-order chi connectivity index (χ0) is 20.4. The largest absolute Gasteiger partial charge is 0.497 e. The van der Waals surface area contributed by atoms with Gasteiger partial charge in [0.15, 0.2) is 5.82 Å². The lowest BCUT2D eigenvalue weighted by Gasteiger charge is -2.31. The van der Waals surface area contributed by atoms with Gasteiger partial charge in [-0.3, -0.25) is 4.79 Å². The summed E-state index contributed by atoms with van der Waals surface area (Å²) < 4.78 is 10.8. The molecule has 1 atom stereocenters. The van der Waals surface area contributed by atoms with Crippen molar-refractivity contribution in [1.82, 2.24) is 15.0 Å². The van der Waals surface area contributed by atoms with Gasteiger partial charge in [-0.05, 0) is 56.5 Å². The fraction of sp³-hybridized carbons (Fsp3) is 0.348. The summed E-state index contributed by atoms with van der Waals surface area (Å²) in [5.41, 5.74) is 3.69. The monoisotopic (exact) mass is 391 g/mol. The molecule has 1 aromatic heterocycles. The predicted molar refractivity (Wildman–Crippen MR) is 110 cm³/mol. The van der Waals surface area contributed by atoms with Crippen molar-refractivity contribution in [2.45, 2.75) is 32.6 Å². The maximum absolute atomic E-state index is 13.1. The molecule has 6 heteroatoms. The zero-order valence-corrected chi connectivity index (χ0v) is 17.0. The topological polar surface area (TPSA) is 68.5 Å². The standard InChI is InChI=1S/C23H25N3O3/c1-15-9-10-16(2)20(12-15)23(27)26-11-5-7-18(14-26)21-24-22(29-25-21)17-6-4-8-19(13-17)28-3/h4,6,8-10,12-13,18H,5,7,11,14H2,1-3H3. The molecule has 2 aromatic carbocycles. The highest BCUT2D eigenvalue weighted by Crippen LogP contribution is 2.29. The number of likely N-dealkylation sites (tertiary alicyclic amines) is 1. The van der Waals surface area contributed by atoms with Gasteiger partial charge in [-0.25, -0.2) is 0 Å². The molecule has 0 bridgehead atoms. The molecule has 1 aliphatic heterocycles. The first-order chi connectivity index (χ1) is 14.0. The Bertz CT molecular complexity index is 1030. The highest BCUT2D eigenvalue weighted by molar-refractivity contribution is 5.96. The number of rotatable bonds is 4. The summed E-state index contributed by atoms with van der Waals surface area (Å²) >= 11 is 0. The second-order valence-corrected chi connectivity index (χ2v) is 7.60. The molecule has 1 aliphatic rings. The molecule has 0 saturated carbocycles. The van der Waals surface area contributed by atoms with Gasteiger partial charge in [0.1, 0.15) is 5.75 Å². The van der Waals surface area contributed by atoms with Crippen molar-refractivity contribution in [2.75, 3.05) is 20.2 Å². The van der Waals surface area contributed by atoms with E-state index in [1.54, 1.807) is 7.11 Å². The highest BCUT2D eigenvalue weighted by atomic mass is 16.5. The summed E-state index contributed by atoms with van der Waals surface area (Å²) in [5.74, 6) is 2.01. The van der Waals surface area contributed by atoms with Gasteiger partial charge in [0.05, 0.1) is 7.11 Å². The van der Waals surface area contributed by atoms with Crippen molar-refractivity contribution in [3.05, 3.63) is 65.0 Å². The Balaban J connectivity index is 1.52. The quantitative estimate of drug-likeness (QED) is 0.660. The second-order valence-electron chi connectivity index (χ2n) is 7.60. The van der Waals surface area contributed by atoms with E-state index >= 15 is 0 Å². The van der Waals surface area contributed by atoms with Crippen LogP contribution in [-0.4, -0.2) is 41.1 Å². The SMILES string of the molecule is COc1cccc(-c2nc(C3CCCN(C(=O)c4cc(C)ccc4C)C3)no2)c1. The molecule has 1 fully saturated rings. The van der Waals surface area contributed by atoms with Crippen LogP contribution in [0, 0.1) is 13.8 Å². The van der Waals surface area contributed by atoms with Gasteiger partial charge < -0.3 is 14.2 Å². The number of benzene rings is 2. The first kappa shape index (κ1) is 19.2. The van der Waals surface area contributed by atoms with Crippen LogP contribution in [0.25, 0.3) is 11.5 Å². The Morgan fingerprint density at radius 2 is 2.07 bits per heavy atom. The lowest BCUT2D eigenvalue weighted by atomic mass is 9.96. The Hall–Kier alpha value is -3.15. The lowest BCUT2D eigenvalue weighted by molar-refractivity contribution is 0.0702. The van der Waals surface area contributed by atoms with Crippen LogP contribution >= 0.6 is 0 Å². The van der Waals surface area contributed by atoms with E-state index in [1.165, 1.54) is 0 Å². The summed E-state index contributed by atoms with van der Waals surface area (Å²) in [5, 5.41) is 4.21. The summed E-state index contributed by atoms with van der Waals surface area (Å²) in [6, 6.07) is 13.6. The van der Waals surface area contributed by atoms with Crippen LogP contribution < -0.4 is 4.74 Å². The minimum atomic E-state index is 0.0703. The Labute approximate surface area is 170 Å². The minimum Gasteiger partial charge on any atom is -0.497 e. The molecule has 6 nitrogen and oxygen atoms in total. The molecule has 0 spiro atoms. The molecular weight excluding hydrogens is 366 g/mol. The molecule has 0 radical (unpaired) electrons. The molecule has 0 aliphatic carbocycles. The molecule has 1 saturated heterocycles. The van der Waals surface area contributed by atoms with E-state index in [4.69, 9.17) is 9.26 Å². The first-order valence-electron chi connectivity index (χ1n) is 9.89. The molecule has 4 rings (SSSR count). The van der Waals surface area contributed by atoms with Crippen LogP contribution in [0.5, 0.6) is 5.75 Å². The van der Waals surface area contributed by atoms with Crippen LogP contribution in [-0.2, 0) is 0 Å². The Morgan fingerprint density at radius 1 is 1.21 bits per heavy atom. The van der Waals surface area contributed by atoms with E-state index in [2.05, 4.69) is 10.1 Å². The van der Waals surface area contributed by atoms with Gasteiger partial charge in [0.25, 0.3) is 11.8 Å². The third-order valence-electron chi connectivity index (χ3n) is 5.46. The van der Waals surface area contributed by atoms with Gasteiger partial charge in [-0.2, -0.15) is 4.98 Å². The fourth-order valence-corrected chi connectivity index (χ4v) is 3.78. The van der Waals surface area contributed by atoms with Crippen LogP contribution in [0.15, 0.2) is 47.0 Å². The molecule has 2 heterocycles. The van der Waals surface area contributed by atoms with E-state index in [1.807, 2.05) is 61.2 Å². The van der Waals surface area contributed by atoms with Crippen molar-refractivity contribution in [3.8, 4) is 17.2 Å². The summed E-state index contributed by atoms with van der Waals surface area (Å²) in [6.07, 6.45) is 1.86. The van der Waals surface area contributed by atoms with E-state index in [-0.39, 0.29) is 11.8 Å². The number of aromatic nitrogens is 2. The average molecular weight is 391 g/mol. The predicted octanol–water partition coefficient (Wildman–Crippen LogP) is 4.38. The summed E-state index contributed by atoms with van der Waals surface area (Å²) in [7, 11) is 1.63. The highest BCUT2D eigenvalue weighted by Gasteiger charge is 2.29. The Morgan fingerprint density at radius 3 is 2.90 bits per heavy atom. The third-order valence-corrected chi connectivity index (χ3v) is 5.46. The fourth-order valence-electron chi connectivity index (χ4n) is 3.78. The maximum Gasteiger partial charge on any atom is 0.258 e. The van der Waals surface area contributed by atoms with Crippen LogP contribution in [0.4, 0.5) is 0 Å². The van der Waals surface area contributed by atoms with Gasteiger partial charge in [-0.1, -0.05) is 28.9 Å². The van der Waals surface area contributed by atoms with Crippen molar-refractivity contribution in [1.29, 1.82) is 0 Å². The number of aryl methyl sites for hydroxylation is 2. The van der Waals surface area contributed by atoms with Gasteiger partial charge in [0.2, 0.25) is 0 Å². The minimum absolute atomic E-state index is 0.0703. The van der Waals surface area contributed by atoms with Crippen molar-refractivity contribution in [2.24, 2.45) is 0 Å². The van der Waals surface area contributed by atoms with Gasteiger partial charge in [0, 0.05) is 30.1 Å². The number of hydrogen-bond donors (Lipinski definition) is 0. The van der Waals surface area contributed by atoms with Crippen LogP contribution in [0.3, 0.4) is 0 Å². The number of carbonyl (C=O) groups is 1. The van der Waals surface area contributed by atoms with Gasteiger partial charge in [-0.15, -0.1) is 0 Å². The zero-order valence-electron chi connectivity index (χ0n) is 17.0. The van der Waals surface area contributed by atoms with Gasteiger partial charge >= 0.3 is 0 Å². The third kappa shape index (κ3) is 4.01. The molecule has 0 N–H and O–H groups in total. The van der Waals surface area contributed by atoms with Crippen LogP contribution in [0.1, 0.15) is 46.1 Å². The number of carbonyl (C=O) groups excluding carboxylic acids is 1. The lowest BCUT2D eigenvalue weighted by Crippen LogP contribution is -2.39. The second kappa shape index (κ2) is 8.07. The van der Waals surface area contributed by atoms with E-state index in [9.17, 15) is 4.79 Å². The van der Waals surface area contributed by atoms with E-state index < -0.39 is 0 Å². The van der Waals surface area contributed by atoms with Crippen LogP contribution in [0.2, 0.25) is 0 Å². The number of hydrogen-bond acceptors (Lipinski definition) is 5. The summed E-state index contributed by atoms with van der Waals surface area (Å²) in [6.45, 7) is 5.34. The first-order valence-corrected chi connectivity index (χ1v) is 9.89. The number of amides is 1.